The van der Waals surface area contributed by atoms with Crippen LogP contribution in [0.1, 0.15) is 52.4 Å². The molecule has 0 heterocycles. The third kappa shape index (κ3) is 8.52. The Balaban J connectivity index is 4.32. The smallest absolute Gasteiger partial charge is 0.237 e. The zero-order chi connectivity index (χ0) is 12.9. The van der Waals surface area contributed by atoms with E-state index in [-0.39, 0.29) is 0 Å². The van der Waals surface area contributed by atoms with E-state index in [1.54, 1.807) is 0 Å². The lowest BCUT2D eigenvalue weighted by atomic mass is 10.2. The third-order valence-electron chi connectivity index (χ3n) is 2.32. The largest absolute Gasteiger partial charge is 0.330 e. The highest BCUT2D eigenvalue weighted by Gasteiger charge is 2.14. The zero-order valence-corrected chi connectivity index (χ0v) is 10.5. The Hall–Kier alpha value is -1.28. The van der Waals surface area contributed by atoms with Gasteiger partial charge < -0.3 is 4.74 Å². The van der Waals surface area contributed by atoms with Gasteiger partial charge in [-0.3, -0.25) is 0 Å². The van der Waals surface area contributed by atoms with Gasteiger partial charge >= 0.3 is 0 Å². The number of aliphatic imine (C=N–C) groups is 2. The first-order valence-electron chi connectivity index (χ1n) is 6.07. The molecule has 2 atom stereocenters. The lowest BCUT2D eigenvalue weighted by Crippen LogP contribution is -2.19. The Morgan fingerprint density at radius 1 is 0.941 bits per heavy atom. The number of unbranched alkanes of at least 4 members (excludes halogenated alkanes) is 2. The molecule has 0 aromatic carbocycles. The van der Waals surface area contributed by atoms with Gasteiger partial charge in [0.05, 0.1) is 0 Å². The number of hydrogen-bond donors (Lipinski definition) is 0. The van der Waals surface area contributed by atoms with Crippen molar-refractivity contribution >= 4 is 12.2 Å². The maximum atomic E-state index is 10.3. The van der Waals surface area contributed by atoms with Crippen LogP contribution in [0.15, 0.2) is 9.98 Å². The summed E-state index contributed by atoms with van der Waals surface area (Å²) in [7, 11) is 0. The molecular formula is C12H20N2O3. The standard InChI is InChI=1S/C12H20N2O3/c1-3-5-7-11(13-9-15)17-12(14-10-16)8-6-4-2/h11-12H,3-8H2,1-2H3. The van der Waals surface area contributed by atoms with E-state index in [1.807, 2.05) is 13.8 Å². The fourth-order valence-corrected chi connectivity index (χ4v) is 1.38. The minimum Gasteiger partial charge on any atom is -0.330 e. The Labute approximate surface area is 102 Å². The molecule has 0 saturated carbocycles. The number of hydrogen-bond acceptors (Lipinski definition) is 5. The highest BCUT2D eigenvalue weighted by molar-refractivity contribution is 5.33. The number of isocyanates is 2. The summed E-state index contributed by atoms with van der Waals surface area (Å²) in [6.07, 6.45) is 6.95. The number of nitrogens with zero attached hydrogens (tertiary/aromatic N) is 2. The van der Waals surface area contributed by atoms with Gasteiger partial charge in [0.25, 0.3) is 0 Å². The number of carbonyl (C=O) groups excluding carboxylic acids is 2. The van der Waals surface area contributed by atoms with Crippen molar-refractivity contribution in [3.8, 4) is 0 Å². The molecule has 0 saturated heterocycles. The van der Waals surface area contributed by atoms with Crippen LogP contribution < -0.4 is 0 Å². The summed E-state index contributed by atoms with van der Waals surface area (Å²) in [6.45, 7) is 4.08. The van der Waals surface area contributed by atoms with E-state index in [0.29, 0.717) is 12.8 Å². The van der Waals surface area contributed by atoms with Crippen molar-refractivity contribution in [1.82, 2.24) is 0 Å². The molecule has 0 radical (unpaired) electrons. The molecule has 0 aliphatic rings. The molecule has 2 unspecified atom stereocenters. The molecule has 0 aromatic rings. The van der Waals surface area contributed by atoms with Gasteiger partial charge in [0.2, 0.25) is 12.2 Å². The van der Waals surface area contributed by atoms with Crippen molar-refractivity contribution in [3.63, 3.8) is 0 Å². The maximum absolute atomic E-state index is 10.3. The van der Waals surface area contributed by atoms with Crippen LogP contribution in [0.3, 0.4) is 0 Å². The average molecular weight is 240 g/mol. The van der Waals surface area contributed by atoms with Crippen LogP contribution in [0.25, 0.3) is 0 Å². The highest BCUT2D eigenvalue weighted by atomic mass is 16.5. The van der Waals surface area contributed by atoms with Crippen molar-refractivity contribution in [2.45, 2.75) is 64.8 Å². The summed E-state index contributed by atoms with van der Waals surface area (Å²) in [6, 6.07) is 0. The molecule has 5 nitrogen and oxygen atoms in total. The molecule has 5 heteroatoms. The Kier molecular flexibility index (Phi) is 10.4. The van der Waals surface area contributed by atoms with Crippen molar-refractivity contribution in [2.24, 2.45) is 9.98 Å². The Bertz CT molecular complexity index is 253. The normalized spacial score (nSPS) is 13.3. The second-order valence-electron chi connectivity index (χ2n) is 3.77. The second-order valence-corrected chi connectivity index (χ2v) is 3.77. The van der Waals surface area contributed by atoms with E-state index in [2.05, 4.69) is 9.98 Å². The molecule has 96 valence electrons. The average Bonchev–Trinajstić information content (AvgIpc) is 2.33. The lowest BCUT2D eigenvalue weighted by molar-refractivity contribution is -0.0122. The first kappa shape index (κ1) is 15.7. The fraction of sp³-hybridized carbons (Fsp3) is 0.833. The van der Waals surface area contributed by atoms with E-state index < -0.39 is 12.5 Å². The molecule has 0 rings (SSSR count). The van der Waals surface area contributed by atoms with E-state index in [4.69, 9.17) is 4.74 Å². The minimum absolute atomic E-state index is 0.550. The van der Waals surface area contributed by atoms with Gasteiger partial charge in [-0.15, -0.1) is 0 Å². The SMILES string of the molecule is CCCCC(N=C=O)OC(CCCC)N=C=O. The van der Waals surface area contributed by atoms with E-state index in [1.165, 1.54) is 12.2 Å². The van der Waals surface area contributed by atoms with Crippen LogP contribution >= 0.6 is 0 Å². The molecular weight excluding hydrogens is 220 g/mol. The molecule has 0 aliphatic heterocycles. The van der Waals surface area contributed by atoms with Gasteiger partial charge in [-0.1, -0.05) is 26.7 Å². The summed E-state index contributed by atoms with van der Waals surface area (Å²) in [4.78, 5) is 27.7. The summed E-state index contributed by atoms with van der Waals surface area (Å²) in [5.41, 5.74) is 0. The molecule has 0 N–H and O–H groups in total. The Morgan fingerprint density at radius 3 is 1.65 bits per heavy atom. The van der Waals surface area contributed by atoms with Gasteiger partial charge in [-0.05, 0) is 25.7 Å². The predicted octanol–water partition coefficient (Wildman–Crippen LogP) is 2.71. The third-order valence-corrected chi connectivity index (χ3v) is 2.32. The summed E-state index contributed by atoms with van der Waals surface area (Å²) >= 11 is 0. The molecule has 0 aromatic heterocycles. The second kappa shape index (κ2) is 11.2. The summed E-state index contributed by atoms with van der Waals surface area (Å²) in [5, 5.41) is 0. The van der Waals surface area contributed by atoms with Gasteiger partial charge in [0.15, 0.2) is 12.5 Å². The van der Waals surface area contributed by atoms with Gasteiger partial charge in [-0.2, -0.15) is 9.98 Å². The highest BCUT2D eigenvalue weighted by Crippen LogP contribution is 2.13. The topological polar surface area (TPSA) is 68.1 Å². The van der Waals surface area contributed by atoms with E-state index in [0.717, 1.165) is 25.7 Å². The van der Waals surface area contributed by atoms with Gasteiger partial charge in [0.1, 0.15) is 0 Å². The quantitative estimate of drug-likeness (QED) is 0.435. The number of rotatable bonds is 10. The van der Waals surface area contributed by atoms with Crippen molar-refractivity contribution < 1.29 is 14.3 Å². The first-order valence-corrected chi connectivity index (χ1v) is 6.07. The predicted molar refractivity (Wildman–Crippen MR) is 64.0 cm³/mol. The minimum atomic E-state index is -0.550. The van der Waals surface area contributed by atoms with Gasteiger partial charge in [-0.25, -0.2) is 9.59 Å². The van der Waals surface area contributed by atoms with Crippen LogP contribution in [-0.4, -0.2) is 24.6 Å². The van der Waals surface area contributed by atoms with Crippen LogP contribution in [-0.2, 0) is 14.3 Å². The summed E-state index contributed by atoms with van der Waals surface area (Å²) in [5.74, 6) is 0. The van der Waals surface area contributed by atoms with Crippen LogP contribution in [0.2, 0.25) is 0 Å². The summed E-state index contributed by atoms with van der Waals surface area (Å²) < 4.78 is 5.48. The monoisotopic (exact) mass is 240 g/mol. The maximum Gasteiger partial charge on any atom is 0.237 e. The van der Waals surface area contributed by atoms with Crippen LogP contribution in [0.4, 0.5) is 0 Å². The van der Waals surface area contributed by atoms with Crippen molar-refractivity contribution in [3.05, 3.63) is 0 Å². The van der Waals surface area contributed by atoms with Crippen molar-refractivity contribution in [1.29, 1.82) is 0 Å². The van der Waals surface area contributed by atoms with Gasteiger partial charge in [0, 0.05) is 0 Å². The van der Waals surface area contributed by atoms with Crippen LogP contribution in [0.5, 0.6) is 0 Å². The van der Waals surface area contributed by atoms with E-state index in [9.17, 15) is 9.59 Å². The lowest BCUT2D eigenvalue weighted by Gasteiger charge is -2.16. The molecule has 0 amide bonds. The van der Waals surface area contributed by atoms with Crippen LogP contribution in [0, 0.1) is 0 Å². The molecule has 0 bridgehead atoms. The first-order chi connectivity index (χ1) is 8.28. The van der Waals surface area contributed by atoms with E-state index >= 15 is 0 Å². The fourth-order valence-electron chi connectivity index (χ4n) is 1.38. The molecule has 0 fully saturated rings. The molecule has 17 heavy (non-hydrogen) atoms. The van der Waals surface area contributed by atoms with Crippen molar-refractivity contribution in [2.75, 3.05) is 0 Å². The zero-order valence-electron chi connectivity index (χ0n) is 10.5. The Morgan fingerprint density at radius 2 is 1.35 bits per heavy atom. The molecule has 0 aliphatic carbocycles. The number of ether oxygens (including phenoxy) is 1. The molecule has 0 spiro atoms.